The van der Waals surface area contributed by atoms with Crippen LogP contribution < -0.4 is 10.1 Å². The maximum Gasteiger partial charge on any atom is 0.262 e. The normalized spacial score (nSPS) is 16.3. The van der Waals surface area contributed by atoms with Gasteiger partial charge in [-0.2, -0.15) is 0 Å². The van der Waals surface area contributed by atoms with Gasteiger partial charge in [0.15, 0.2) is 17.5 Å². The molecular formula is C9H8BrNO3S. The summed E-state index contributed by atoms with van der Waals surface area (Å²) in [6.07, 6.45) is 0. The third-order valence-corrected chi connectivity index (χ3v) is 3.39. The van der Waals surface area contributed by atoms with E-state index in [1.165, 1.54) is 11.3 Å². The van der Waals surface area contributed by atoms with Crippen LogP contribution in [-0.2, 0) is 4.79 Å². The van der Waals surface area contributed by atoms with Crippen LogP contribution in [0.1, 0.15) is 16.6 Å². The zero-order chi connectivity index (χ0) is 11.0. The summed E-state index contributed by atoms with van der Waals surface area (Å²) >= 11 is 4.47. The van der Waals surface area contributed by atoms with Gasteiger partial charge in [0, 0.05) is 0 Å². The number of fused-ring (bicyclic) bond motifs is 1. The minimum Gasteiger partial charge on any atom is -0.472 e. The number of alkyl halides is 1. The van der Waals surface area contributed by atoms with Gasteiger partial charge in [0.25, 0.3) is 5.91 Å². The molecule has 15 heavy (non-hydrogen) atoms. The van der Waals surface area contributed by atoms with Crippen LogP contribution in [0.5, 0.6) is 5.06 Å². The molecule has 1 unspecified atom stereocenters. The van der Waals surface area contributed by atoms with Crippen molar-refractivity contribution in [3.63, 3.8) is 0 Å². The fraction of sp³-hybridized carbons (Fsp3) is 0.333. The third kappa shape index (κ3) is 2.05. The van der Waals surface area contributed by atoms with Gasteiger partial charge in [-0.25, -0.2) is 0 Å². The maximum atomic E-state index is 11.6. The summed E-state index contributed by atoms with van der Waals surface area (Å²) in [5.41, 5.74) is 0.591. The summed E-state index contributed by atoms with van der Waals surface area (Å²) in [5.74, 6) is -0.196. The molecule has 1 aliphatic rings. The number of rotatable bonds is 2. The van der Waals surface area contributed by atoms with Crippen LogP contribution in [-0.4, -0.2) is 23.1 Å². The van der Waals surface area contributed by atoms with Crippen molar-refractivity contribution in [1.29, 1.82) is 0 Å². The Hall–Kier alpha value is -0.880. The molecule has 0 saturated heterocycles. The number of hydrogen-bond acceptors (Lipinski definition) is 4. The molecule has 0 saturated carbocycles. The molecule has 1 N–H and O–H groups in total. The van der Waals surface area contributed by atoms with Crippen LogP contribution in [0.4, 0.5) is 5.69 Å². The van der Waals surface area contributed by atoms with Gasteiger partial charge < -0.3 is 10.1 Å². The van der Waals surface area contributed by atoms with Gasteiger partial charge in [-0.05, 0) is 13.0 Å². The third-order valence-electron chi connectivity index (χ3n) is 1.91. The molecule has 1 atom stereocenters. The molecule has 2 heterocycles. The van der Waals surface area contributed by atoms with E-state index < -0.39 is 0 Å². The van der Waals surface area contributed by atoms with Crippen molar-refractivity contribution in [3.05, 3.63) is 10.9 Å². The van der Waals surface area contributed by atoms with Gasteiger partial charge >= 0.3 is 0 Å². The van der Waals surface area contributed by atoms with Crippen LogP contribution in [0.2, 0.25) is 0 Å². The summed E-state index contributed by atoms with van der Waals surface area (Å²) in [6, 6.07) is 1.65. The Balaban J connectivity index is 2.30. The highest BCUT2D eigenvalue weighted by atomic mass is 79.9. The average molecular weight is 290 g/mol. The lowest BCUT2D eigenvalue weighted by Gasteiger charge is -2.12. The number of ether oxygens (including phenoxy) is 1. The Labute approximate surface area is 98.7 Å². The number of ketones is 1. The molecule has 2 rings (SSSR count). The summed E-state index contributed by atoms with van der Waals surface area (Å²) in [7, 11) is 0. The molecule has 6 heteroatoms. The minimum atomic E-state index is -0.228. The first-order valence-corrected chi connectivity index (χ1v) is 6.06. The largest absolute Gasteiger partial charge is 0.472 e. The van der Waals surface area contributed by atoms with Crippen molar-refractivity contribution in [3.8, 4) is 5.06 Å². The summed E-state index contributed by atoms with van der Waals surface area (Å²) in [6.45, 7) is 1.78. The van der Waals surface area contributed by atoms with Crippen LogP contribution >= 0.6 is 27.3 Å². The number of Topliss-reactive ketones (excluding diaryl/α,β-unsaturated/α-hetero) is 1. The maximum absolute atomic E-state index is 11.6. The second-order valence-corrected chi connectivity index (χ2v) is 5.52. The number of halogens is 1. The molecule has 0 aliphatic carbocycles. The van der Waals surface area contributed by atoms with Crippen molar-refractivity contribution in [2.75, 3.05) is 11.9 Å². The van der Waals surface area contributed by atoms with Crippen LogP contribution in [0.3, 0.4) is 0 Å². The second-order valence-electron chi connectivity index (χ2n) is 3.13. The lowest BCUT2D eigenvalue weighted by atomic mass is 10.2. The zero-order valence-corrected chi connectivity index (χ0v) is 10.3. The first-order valence-electron chi connectivity index (χ1n) is 4.32. The number of carbonyl (C=O) groups is 2. The van der Waals surface area contributed by atoms with Crippen molar-refractivity contribution < 1.29 is 14.3 Å². The molecule has 0 spiro atoms. The molecule has 0 radical (unpaired) electrons. The summed E-state index contributed by atoms with van der Waals surface area (Å²) < 4.78 is 5.19. The van der Waals surface area contributed by atoms with E-state index >= 15 is 0 Å². The molecule has 1 aromatic rings. The molecule has 0 aromatic carbocycles. The number of hydrogen-bond donors (Lipinski definition) is 1. The van der Waals surface area contributed by atoms with Gasteiger partial charge in [0.1, 0.15) is 0 Å². The highest BCUT2D eigenvalue weighted by Crippen LogP contribution is 2.38. The van der Waals surface area contributed by atoms with E-state index in [2.05, 4.69) is 21.2 Å². The van der Waals surface area contributed by atoms with Gasteiger partial charge in [-0.3, -0.25) is 9.59 Å². The van der Waals surface area contributed by atoms with E-state index in [0.29, 0.717) is 15.6 Å². The van der Waals surface area contributed by atoms with Gasteiger partial charge in [0.05, 0.1) is 15.4 Å². The Morgan fingerprint density at radius 3 is 3.13 bits per heavy atom. The van der Waals surface area contributed by atoms with Crippen molar-refractivity contribution >= 4 is 44.6 Å². The van der Waals surface area contributed by atoms with E-state index in [1.54, 1.807) is 13.0 Å². The SMILES string of the molecule is CC(Br)C(=O)c1cc2c(s1)OCC(=O)N2. The average Bonchev–Trinajstić information content (AvgIpc) is 2.58. The van der Waals surface area contributed by atoms with Crippen LogP contribution in [0.15, 0.2) is 6.07 Å². The second kappa shape index (κ2) is 3.94. The number of nitrogens with one attached hydrogen (secondary N) is 1. The number of anilines is 1. The zero-order valence-electron chi connectivity index (χ0n) is 7.87. The summed E-state index contributed by atoms with van der Waals surface area (Å²) in [5, 5.41) is 3.26. The van der Waals surface area contributed by atoms with Crippen molar-refractivity contribution in [2.45, 2.75) is 11.8 Å². The van der Waals surface area contributed by atoms with Crippen molar-refractivity contribution in [1.82, 2.24) is 0 Å². The molecule has 0 bridgehead atoms. The number of thiophene rings is 1. The van der Waals surface area contributed by atoms with E-state index in [9.17, 15) is 9.59 Å². The Morgan fingerprint density at radius 1 is 1.73 bits per heavy atom. The quantitative estimate of drug-likeness (QED) is 0.670. The molecule has 80 valence electrons. The van der Waals surface area contributed by atoms with Gasteiger partial charge in [-0.1, -0.05) is 27.3 Å². The highest BCUT2D eigenvalue weighted by Gasteiger charge is 2.23. The van der Waals surface area contributed by atoms with E-state index in [-0.39, 0.29) is 23.1 Å². The molecule has 4 nitrogen and oxygen atoms in total. The predicted molar refractivity (Wildman–Crippen MR) is 61.2 cm³/mol. The lowest BCUT2D eigenvalue weighted by Crippen LogP contribution is -2.24. The van der Waals surface area contributed by atoms with E-state index in [4.69, 9.17) is 4.74 Å². The fourth-order valence-electron chi connectivity index (χ4n) is 1.20. The smallest absolute Gasteiger partial charge is 0.262 e. The minimum absolute atomic E-state index is 0.00718. The van der Waals surface area contributed by atoms with Crippen LogP contribution in [0, 0.1) is 0 Å². The van der Waals surface area contributed by atoms with E-state index in [1.807, 2.05) is 0 Å². The first-order chi connectivity index (χ1) is 7.08. The number of amides is 1. The molecule has 1 amide bonds. The Bertz CT molecular complexity index is 427. The Morgan fingerprint density at radius 2 is 2.47 bits per heavy atom. The molecular weight excluding hydrogens is 282 g/mol. The van der Waals surface area contributed by atoms with Crippen LogP contribution in [0.25, 0.3) is 0 Å². The monoisotopic (exact) mass is 289 g/mol. The molecule has 1 aliphatic heterocycles. The fourth-order valence-corrected chi connectivity index (χ4v) is 2.59. The van der Waals surface area contributed by atoms with Gasteiger partial charge in [0.2, 0.25) is 0 Å². The number of carbonyl (C=O) groups excluding carboxylic acids is 2. The lowest BCUT2D eigenvalue weighted by molar-refractivity contribution is -0.118. The first kappa shape index (κ1) is 10.6. The summed E-state index contributed by atoms with van der Waals surface area (Å²) in [4.78, 5) is 23.0. The standard InChI is InChI=1S/C9H8BrNO3S/c1-4(10)8(13)6-2-5-9(15-6)14-3-7(12)11-5/h2,4H,3H2,1H3,(H,11,12). The van der Waals surface area contributed by atoms with Crippen molar-refractivity contribution in [2.24, 2.45) is 0 Å². The predicted octanol–water partition coefficient (Wildman–Crippen LogP) is 2.05. The van der Waals surface area contributed by atoms with Gasteiger partial charge in [-0.15, -0.1) is 0 Å². The topological polar surface area (TPSA) is 55.4 Å². The van der Waals surface area contributed by atoms with E-state index in [0.717, 1.165) is 0 Å². The molecule has 0 fully saturated rings. The highest BCUT2D eigenvalue weighted by molar-refractivity contribution is 9.10. The Kier molecular flexibility index (Phi) is 2.79. The molecule has 1 aromatic heterocycles.